The number of carbonyl (C=O) groups is 1. The summed E-state index contributed by atoms with van der Waals surface area (Å²) in [4.78, 5) is 21.9. The van der Waals surface area contributed by atoms with Gasteiger partial charge in [0.05, 0.1) is 12.7 Å². The van der Waals surface area contributed by atoms with Gasteiger partial charge in [-0.25, -0.2) is 4.98 Å². The predicted octanol–water partition coefficient (Wildman–Crippen LogP) is 0.703. The van der Waals surface area contributed by atoms with E-state index in [0.717, 1.165) is 53.9 Å². The fourth-order valence-corrected chi connectivity index (χ4v) is 4.18. The molecule has 2 unspecified atom stereocenters. The van der Waals surface area contributed by atoms with Gasteiger partial charge in [0.1, 0.15) is 12.6 Å². The molecule has 3 aromatic heterocycles. The molecule has 0 aliphatic carbocycles. The van der Waals surface area contributed by atoms with Crippen LogP contribution >= 0.6 is 0 Å². The van der Waals surface area contributed by atoms with Crippen LogP contribution < -0.4 is 14.6 Å². The number of hydrogen-bond acceptors (Lipinski definition) is 3. The van der Waals surface area contributed by atoms with Crippen molar-refractivity contribution in [3.63, 3.8) is 0 Å². The Morgan fingerprint density at radius 2 is 2.21 bits per heavy atom. The maximum absolute atomic E-state index is 13.2. The number of aromatic nitrogens is 3. The number of aliphatic hydroxyl groups is 1. The lowest BCUT2D eigenvalue weighted by Gasteiger charge is -2.08. The Kier molecular flexibility index (Phi) is 4.46. The summed E-state index contributed by atoms with van der Waals surface area (Å²) in [6.45, 7) is 2.40. The van der Waals surface area contributed by atoms with Crippen LogP contribution in [0, 0.1) is 0 Å². The number of quaternary nitrogens is 1. The Hall–Kier alpha value is -3.29. The number of carbonyl (C=O) groups excluding carboxylic acids is 1. The molecular weight excluding hydrogens is 366 g/mol. The van der Waals surface area contributed by atoms with E-state index in [-0.39, 0.29) is 12.0 Å². The van der Waals surface area contributed by atoms with Crippen molar-refractivity contribution in [3.05, 3.63) is 72.6 Å². The number of rotatable bonds is 4. The number of H-pyrrole nitrogens is 1. The average molecular weight is 389 g/mol. The molecule has 7 nitrogen and oxygen atoms in total. The van der Waals surface area contributed by atoms with Gasteiger partial charge in [-0.15, -0.1) is 0 Å². The minimum Gasteiger partial charge on any atom is -0.387 e. The van der Waals surface area contributed by atoms with Crippen molar-refractivity contribution < 1.29 is 19.2 Å². The SMILES string of the molecule is O=C(Nc1cccc2cnccc12)c1[nH]c(C[NH+]2CCC(O)C2)[n+]2ccccc12. The van der Waals surface area contributed by atoms with Crippen LogP contribution in [-0.4, -0.2) is 40.2 Å². The van der Waals surface area contributed by atoms with E-state index in [0.29, 0.717) is 5.69 Å². The fraction of sp³-hybridized carbons (Fsp3) is 0.227. The van der Waals surface area contributed by atoms with Crippen LogP contribution in [0.1, 0.15) is 22.7 Å². The van der Waals surface area contributed by atoms with Crippen molar-refractivity contribution in [3.8, 4) is 0 Å². The molecule has 1 aliphatic heterocycles. The molecule has 1 fully saturated rings. The number of benzene rings is 1. The molecule has 5 rings (SSSR count). The van der Waals surface area contributed by atoms with Gasteiger partial charge in [0.2, 0.25) is 5.69 Å². The molecule has 4 N–H and O–H groups in total. The summed E-state index contributed by atoms with van der Waals surface area (Å²) >= 11 is 0. The molecule has 1 aliphatic rings. The van der Waals surface area contributed by atoms with Gasteiger partial charge < -0.3 is 15.3 Å². The zero-order valence-corrected chi connectivity index (χ0v) is 15.9. The van der Waals surface area contributed by atoms with Gasteiger partial charge in [-0.05, 0) is 24.3 Å². The number of imidazole rings is 1. The van der Waals surface area contributed by atoms with E-state index < -0.39 is 0 Å². The average Bonchev–Trinajstić information content (AvgIpc) is 3.32. The smallest absolute Gasteiger partial charge is 0.316 e. The summed E-state index contributed by atoms with van der Waals surface area (Å²) in [6.07, 6.45) is 6.06. The monoisotopic (exact) mass is 389 g/mol. The molecule has 4 heterocycles. The second-order valence-corrected chi connectivity index (χ2v) is 7.58. The third-order valence-electron chi connectivity index (χ3n) is 5.60. The van der Waals surface area contributed by atoms with Gasteiger partial charge in [-0.2, -0.15) is 4.40 Å². The van der Waals surface area contributed by atoms with E-state index in [2.05, 4.69) is 15.3 Å². The van der Waals surface area contributed by atoms with E-state index in [1.54, 1.807) is 12.4 Å². The predicted molar refractivity (Wildman–Crippen MR) is 109 cm³/mol. The number of anilines is 1. The molecule has 1 aromatic carbocycles. The van der Waals surface area contributed by atoms with Gasteiger partial charge in [0.15, 0.2) is 12.1 Å². The van der Waals surface area contributed by atoms with Crippen LogP contribution in [-0.2, 0) is 6.54 Å². The summed E-state index contributed by atoms with van der Waals surface area (Å²) < 4.78 is 2.03. The molecule has 0 bridgehead atoms. The first-order valence-corrected chi connectivity index (χ1v) is 9.86. The van der Waals surface area contributed by atoms with Crippen molar-refractivity contribution in [2.45, 2.75) is 19.1 Å². The zero-order valence-electron chi connectivity index (χ0n) is 15.9. The van der Waals surface area contributed by atoms with E-state index in [9.17, 15) is 9.90 Å². The fourth-order valence-electron chi connectivity index (χ4n) is 4.18. The first-order valence-electron chi connectivity index (χ1n) is 9.86. The summed E-state index contributed by atoms with van der Waals surface area (Å²) in [5.41, 5.74) is 2.13. The first kappa shape index (κ1) is 17.8. The van der Waals surface area contributed by atoms with Crippen LogP contribution in [0.4, 0.5) is 5.69 Å². The Bertz CT molecular complexity index is 1200. The number of amides is 1. The standard InChI is InChI=1S/C22H21N5O2/c28-16-8-11-26(13-16)14-20-25-21(19-6-1-2-10-27(19)20)22(29)24-18-5-3-4-15-12-23-9-7-17(15)18/h1-7,9-10,12,16,28H,8,11,13-14H2,(H,24,29)/p+2. The minimum atomic E-state index is -0.236. The Morgan fingerprint density at radius 3 is 3.07 bits per heavy atom. The van der Waals surface area contributed by atoms with Crippen molar-refractivity contribution >= 4 is 27.9 Å². The molecule has 0 spiro atoms. The molecule has 2 atom stereocenters. The van der Waals surface area contributed by atoms with Gasteiger partial charge in [-0.1, -0.05) is 18.2 Å². The van der Waals surface area contributed by atoms with Crippen LogP contribution in [0.25, 0.3) is 16.3 Å². The highest BCUT2D eigenvalue weighted by Crippen LogP contribution is 2.23. The number of aromatic amines is 1. The van der Waals surface area contributed by atoms with E-state index >= 15 is 0 Å². The van der Waals surface area contributed by atoms with Crippen LogP contribution in [0.5, 0.6) is 0 Å². The lowest BCUT2D eigenvalue weighted by molar-refractivity contribution is -0.908. The van der Waals surface area contributed by atoms with Crippen molar-refractivity contribution in [2.24, 2.45) is 0 Å². The third kappa shape index (κ3) is 3.35. The van der Waals surface area contributed by atoms with Crippen LogP contribution in [0.15, 0.2) is 61.1 Å². The topological polar surface area (TPSA) is 86.5 Å². The molecule has 1 amide bonds. The lowest BCUT2D eigenvalue weighted by Crippen LogP contribution is -3.09. The molecular formula is C22H23N5O2+2. The Morgan fingerprint density at radius 1 is 1.28 bits per heavy atom. The number of fused-ring (bicyclic) bond motifs is 2. The first-order chi connectivity index (χ1) is 14.2. The number of hydrogen-bond donors (Lipinski definition) is 4. The summed E-state index contributed by atoms with van der Waals surface area (Å²) in [5, 5.41) is 14.8. The van der Waals surface area contributed by atoms with Gasteiger partial charge in [-0.3, -0.25) is 9.78 Å². The molecule has 0 saturated carbocycles. The van der Waals surface area contributed by atoms with Crippen LogP contribution in [0.2, 0.25) is 0 Å². The molecule has 1 saturated heterocycles. The quantitative estimate of drug-likeness (QED) is 0.388. The number of pyridine rings is 2. The number of nitrogens with zero attached hydrogens (tertiary/aromatic N) is 2. The highest BCUT2D eigenvalue weighted by atomic mass is 16.3. The zero-order chi connectivity index (χ0) is 19.8. The second kappa shape index (κ2) is 7.27. The summed E-state index contributed by atoms with van der Waals surface area (Å²) in [6, 6.07) is 13.5. The maximum atomic E-state index is 13.2. The largest absolute Gasteiger partial charge is 0.387 e. The van der Waals surface area contributed by atoms with Crippen molar-refractivity contribution in [2.75, 3.05) is 18.4 Å². The third-order valence-corrected chi connectivity index (χ3v) is 5.60. The summed E-state index contributed by atoms with van der Waals surface area (Å²) in [7, 11) is 0. The highest BCUT2D eigenvalue weighted by Gasteiger charge is 2.30. The highest BCUT2D eigenvalue weighted by molar-refractivity contribution is 6.10. The Labute approximate surface area is 167 Å². The molecule has 29 heavy (non-hydrogen) atoms. The number of aliphatic hydroxyl groups excluding tert-OH is 1. The van der Waals surface area contributed by atoms with Gasteiger partial charge in [0, 0.05) is 35.3 Å². The second-order valence-electron chi connectivity index (χ2n) is 7.58. The normalized spacial score (nSPS) is 19.1. The van der Waals surface area contributed by atoms with E-state index in [1.807, 2.05) is 53.1 Å². The summed E-state index contributed by atoms with van der Waals surface area (Å²) in [5.74, 6) is 0.776. The Balaban J connectivity index is 1.48. The molecule has 7 heteroatoms. The molecule has 4 aromatic rings. The van der Waals surface area contributed by atoms with E-state index in [4.69, 9.17) is 0 Å². The minimum absolute atomic E-state index is 0.180. The van der Waals surface area contributed by atoms with Crippen molar-refractivity contribution in [1.82, 2.24) is 9.97 Å². The maximum Gasteiger partial charge on any atom is 0.316 e. The van der Waals surface area contributed by atoms with E-state index in [1.165, 1.54) is 4.90 Å². The lowest BCUT2D eigenvalue weighted by atomic mass is 10.1. The van der Waals surface area contributed by atoms with Crippen LogP contribution in [0.3, 0.4) is 0 Å². The number of nitrogens with one attached hydrogen (secondary N) is 3. The van der Waals surface area contributed by atoms with Crippen molar-refractivity contribution in [1.29, 1.82) is 0 Å². The molecule has 146 valence electrons. The van der Waals surface area contributed by atoms with Gasteiger partial charge >= 0.3 is 5.82 Å². The number of likely N-dealkylation sites (tertiary alicyclic amines) is 1. The molecule has 0 radical (unpaired) electrons. The van der Waals surface area contributed by atoms with Gasteiger partial charge in [0.25, 0.3) is 5.91 Å².